The number of hydrogen-bond acceptors (Lipinski definition) is 5. The number of nitrogens with zero attached hydrogens (tertiary/aromatic N) is 5. The van der Waals surface area contributed by atoms with Gasteiger partial charge < -0.3 is 14.8 Å². The SMILES string of the molecule is [2H]C([2H])([2H])N(C(=O)c1ccc(C2CCN(Cc3cc4c(-c5ccc(NC)nc5)ccnc4n3C)CC2)cc1)C([2H])([2H])[2H]. The Kier molecular flexibility index (Phi) is 4.96. The van der Waals surface area contributed by atoms with Crippen LogP contribution < -0.4 is 5.32 Å². The van der Waals surface area contributed by atoms with E-state index in [4.69, 9.17) is 8.22 Å². The van der Waals surface area contributed by atoms with Crippen LogP contribution in [0.1, 0.15) is 48.6 Å². The number of benzene rings is 1. The molecule has 0 radical (unpaired) electrons. The molecule has 0 bridgehead atoms. The van der Waals surface area contributed by atoms with E-state index in [0.29, 0.717) is 5.92 Å². The molecule has 1 saturated heterocycles. The van der Waals surface area contributed by atoms with Crippen molar-refractivity contribution in [2.45, 2.75) is 25.3 Å². The predicted octanol–water partition coefficient (Wildman–Crippen LogP) is 4.76. The van der Waals surface area contributed by atoms with Crippen molar-refractivity contribution in [3.63, 3.8) is 0 Å². The molecule has 3 aromatic heterocycles. The van der Waals surface area contributed by atoms with E-state index >= 15 is 0 Å². The van der Waals surface area contributed by atoms with E-state index in [-0.39, 0.29) is 10.5 Å². The fourth-order valence-corrected chi connectivity index (χ4v) is 5.06. The van der Waals surface area contributed by atoms with Crippen molar-refractivity contribution in [3.8, 4) is 11.1 Å². The maximum Gasteiger partial charge on any atom is 0.253 e. The van der Waals surface area contributed by atoms with Gasteiger partial charge in [-0.3, -0.25) is 9.69 Å². The number of likely N-dealkylation sites (tertiary alicyclic amines) is 1. The zero-order chi connectivity index (χ0) is 30.2. The molecule has 0 saturated carbocycles. The van der Waals surface area contributed by atoms with Gasteiger partial charge in [0.1, 0.15) is 11.5 Å². The highest BCUT2D eigenvalue weighted by atomic mass is 16.2. The molecule has 5 rings (SSSR count). The summed E-state index contributed by atoms with van der Waals surface area (Å²) >= 11 is 0. The number of fused-ring (bicyclic) bond motifs is 1. The fourth-order valence-electron chi connectivity index (χ4n) is 5.06. The van der Waals surface area contributed by atoms with Crippen LogP contribution in [0.5, 0.6) is 0 Å². The topological polar surface area (TPSA) is 66.3 Å². The highest BCUT2D eigenvalue weighted by Gasteiger charge is 2.22. The first kappa shape index (κ1) is 17.7. The molecule has 7 heteroatoms. The second-order valence-corrected chi connectivity index (χ2v) is 9.29. The molecule has 4 aromatic rings. The summed E-state index contributed by atoms with van der Waals surface area (Å²) in [5.41, 5.74) is 5.34. The first-order valence-electron chi connectivity index (χ1n) is 15.1. The third kappa shape index (κ3) is 4.71. The molecule has 186 valence electrons. The van der Waals surface area contributed by atoms with Crippen molar-refractivity contribution < 1.29 is 13.0 Å². The number of hydrogen-bond donors (Lipinski definition) is 1. The zero-order valence-corrected chi connectivity index (χ0v) is 20.5. The van der Waals surface area contributed by atoms with Gasteiger partial charge in [-0.2, -0.15) is 0 Å². The average molecular weight is 489 g/mol. The summed E-state index contributed by atoms with van der Waals surface area (Å²) in [6.07, 6.45) is 5.57. The van der Waals surface area contributed by atoms with E-state index in [1.807, 2.05) is 38.6 Å². The molecule has 1 aliphatic heterocycles. The van der Waals surface area contributed by atoms with Crippen molar-refractivity contribution in [1.82, 2.24) is 24.3 Å². The average Bonchev–Trinajstić information content (AvgIpc) is 3.27. The molecule has 0 aliphatic carbocycles. The summed E-state index contributed by atoms with van der Waals surface area (Å²) in [7, 11) is 3.89. The lowest BCUT2D eigenvalue weighted by Crippen LogP contribution is -2.33. The van der Waals surface area contributed by atoms with Gasteiger partial charge in [-0.25, -0.2) is 9.97 Å². The summed E-state index contributed by atoms with van der Waals surface area (Å²) < 4.78 is 47.1. The summed E-state index contributed by atoms with van der Waals surface area (Å²) in [6, 6.07) is 14.9. The highest BCUT2D eigenvalue weighted by molar-refractivity contribution is 5.94. The van der Waals surface area contributed by atoms with Crippen molar-refractivity contribution in [1.29, 1.82) is 0 Å². The molecule has 0 spiro atoms. The van der Waals surface area contributed by atoms with Crippen molar-refractivity contribution in [2.24, 2.45) is 7.05 Å². The number of anilines is 1. The molecular weight excluding hydrogens is 448 g/mol. The third-order valence-corrected chi connectivity index (χ3v) is 7.16. The predicted molar refractivity (Wildman–Crippen MR) is 145 cm³/mol. The molecule has 1 fully saturated rings. The van der Waals surface area contributed by atoms with Gasteiger partial charge >= 0.3 is 0 Å². The van der Waals surface area contributed by atoms with E-state index in [1.165, 1.54) is 17.8 Å². The number of piperidine rings is 1. The molecule has 0 atom stereocenters. The quantitative estimate of drug-likeness (QED) is 0.424. The van der Waals surface area contributed by atoms with E-state index in [9.17, 15) is 4.79 Å². The zero-order valence-electron chi connectivity index (χ0n) is 26.5. The van der Waals surface area contributed by atoms with E-state index in [2.05, 4.69) is 36.9 Å². The molecule has 1 aliphatic rings. The minimum absolute atomic E-state index is 0.00458. The molecule has 1 N–H and O–H groups in total. The van der Waals surface area contributed by atoms with Gasteiger partial charge in [0.15, 0.2) is 0 Å². The van der Waals surface area contributed by atoms with Crippen LogP contribution in [0.4, 0.5) is 5.82 Å². The Balaban J connectivity index is 1.25. The first-order valence-corrected chi connectivity index (χ1v) is 12.1. The lowest BCUT2D eigenvalue weighted by atomic mass is 9.89. The molecule has 1 amide bonds. The molecule has 4 heterocycles. The Morgan fingerprint density at radius 2 is 1.89 bits per heavy atom. The van der Waals surface area contributed by atoms with Gasteiger partial charge in [0.2, 0.25) is 0 Å². The highest BCUT2D eigenvalue weighted by Crippen LogP contribution is 2.32. The number of carbonyl (C=O) groups excluding carboxylic acids is 1. The molecule has 7 nitrogen and oxygen atoms in total. The maximum absolute atomic E-state index is 12.7. The monoisotopic (exact) mass is 488 g/mol. The van der Waals surface area contributed by atoms with Crippen LogP contribution in [0.3, 0.4) is 0 Å². The van der Waals surface area contributed by atoms with Crippen LogP contribution in [-0.4, -0.2) is 64.3 Å². The second-order valence-electron chi connectivity index (χ2n) is 9.29. The smallest absolute Gasteiger partial charge is 0.253 e. The molecular formula is C29H34N6O. The van der Waals surface area contributed by atoms with Gasteiger partial charge in [0.05, 0.1) is 0 Å². The Bertz CT molecular complexity index is 1540. The standard InChI is InChI=1S/C29H34N6O/c1-30-27-10-9-23(18-32-27)25-11-14-31-28-26(25)17-24(34(28)4)19-35-15-12-21(13-16-35)20-5-7-22(8-6-20)29(36)33(2)3/h5-11,14,17-18,21H,12-13,15-16,19H2,1-4H3,(H,30,32)/i2D3,3D3. The van der Waals surface area contributed by atoms with E-state index in [0.717, 1.165) is 66.0 Å². The minimum atomic E-state index is -3.06. The Morgan fingerprint density at radius 3 is 2.56 bits per heavy atom. The maximum atomic E-state index is 12.7. The van der Waals surface area contributed by atoms with Crippen molar-refractivity contribution in [3.05, 3.63) is 77.7 Å². The number of carbonyl (C=O) groups is 1. The van der Waals surface area contributed by atoms with Crippen LogP contribution >= 0.6 is 0 Å². The summed E-state index contributed by atoms with van der Waals surface area (Å²) in [6.45, 7) is -3.54. The molecule has 1 aromatic carbocycles. The largest absolute Gasteiger partial charge is 0.373 e. The van der Waals surface area contributed by atoms with Crippen LogP contribution in [0.25, 0.3) is 22.2 Å². The Labute approximate surface area is 221 Å². The second kappa shape index (κ2) is 10.1. The normalized spacial score (nSPS) is 17.9. The van der Waals surface area contributed by atoms with E-state index in [1.54, 1.807) is 12.1 Å². The minimum Gasteiger partial charge on any atom is -0.373 e. The lowest BCUT2D eigenvalue weighted by molar-refractivity contribution is 0.0827. The van der Waals surface area contributed by atoms with Crippen LogP contribution in [0.15, 0.2) is 60.9 Å². The summed E-state index contributed by atoms with van der Waals surface area (Å²) in [5, 5.41) is 4.14. The van der Waals surface area contributed by atoms with Crippen molar-refractivity contribution >= 4 is 22.8 Å². The number of nitrogens with one attached hydrogen (secondary N) is 1. The molecule has 0 unspecified atom stereocenters. The first-order chi connectivity index (χ1) is 19.9. The number of rotatable bonds is 6. The summed E-state index contributed by atoms with van der Waals surface area (Å²) in [4.78, 5) is 24.3. The number of pyridine rings is 2. The number of amides is 1. The van der Waals surface area contributed by atoms with Gasteiger partial charge in [0, 0.05) is 77.4 Å². The van der Waals surface area contributed by atoms with Crippen LogP contribution in [0, 0.1) is 0 Å². The summed E-state index contributed by atoms with van der Waals surface area (Å²) in [5.74, 6) is 0.0788. The van der Waals surface area contributed by atoms with E-state index < -0.39 is 19.9 Å². The third-order valence-electron chi connectivity index (χ3n) is 7.16. The Morgan fingerprint density at radius 1 is 1.11 bits per heavy atom. The van der Waals surface area contributed by atoms with Crippen molar-refractivity contribution in [2.75, 3.05) is 39.4 Å². The van der Waals surface area contributed by atoms with Crippen LogP contribution in [-0.2, 0) is 13.6 Å². The van der Waals surface area contributed by atoms with Gasteiger partial charge in [-0.1, -0.05) is 12.1 Å². The molecule has 36 heavy (non-hydrogen) atoms. The fraction of sp³-hybridized carbons (Fsp3) is 0.345. The van der Waals surface area contributed by atoms with Gasteiger partial charge in [-0.15, -0.1) is 0 Å². The van der Waals surface area contributed by atoms with Gasteiger partial charge in [0.25, 0.3) is 5.91 Å². The number of aromatic nitrogens is 3. The van der Waals surface area contributed by atoms with Gasteiger partial charge in [-0.05, 0) is 79.4 Å². The lowest BCUT2D eigenvalue weighted by Gasteiger charge is -2.32. The van der Waals surface area contributed by atoms with Crippen LogP contribution in [0.2, 0.25) is 0 Å². The number of aryl methyl sites for hydroxylation is 1. The Hall–Kier alpha value is -3.71.